The van der Waals surface area contributed by atoms with E-state index >= 15 is 0 Å². The van der Waals surface area contributed by atoms with Crippen LogP contribution >= 0.6 is 0 Å². The summed E-state index contributed by atoms with van der Waals surface area (Å²) < 4.78 is 0. The first kappa shape index (κ1) is 10.8. The van der Waals surface area contributed by atoms with Gasteiger partial charge < -0.3 is 22.9 Å². The lowest BCUT2D eigenvalue weighted by Gasteiger charge is -2.38. The fourth-order valence-electron chi connectivity index (χ4n) is 1.42. The molecule has 0 spiro atoms. The van der Waals surface area contributed by atoms with Crippen LogP contribution in [-0.4, -0.2) is 12.3 Å². The molecule has 68 valence electrons. The summed E-state index contributed by atoms with van der Waals surface area (Å²) >= 11 is 0. The summed E-state index contributed by atoms with van der Waals surface area (Å²) in [6, 6.07) is 0. The first-order chi connectivity index (χ1) is 5.01. The van der Waals surface area contributed by atoms with Crippen molar-refractivity contribution in [2.45, 2.75) is 39.0 Å². The lowest BCUT2D eigenvalue weighted by molar-refractivity contribution is 0.159. The van der Waals surface area contributed by atoms with Crippen molar-refractivity contribution in [3.05, 3.63) is 0 Å². The van der Waals surface area contributed by atoms with Crippen molar-refractivity contribution in [2.75, 3.05) is 0 Å². The fourth-order valence-corrected chi connectivity index (χ4v) is 1.42. The Kier molecular flexibility index (Phi) is 3.96. The van der Waals surface area contributed by atoms with Gasteiger partial charge in [-0.1, -0.05) is 13.8 Å². The summed E-state index contributed by atoms with van der Waals surface area (Å²) in [5.74, 6) is 0. The highest BCUT2D eigenvalue weighted by atomic mass is 15.0. The second-order valence-electron chi connectivity index (χ2n) is 2.99. The number of hydrogen-bond donors (Lipinski definition) is 4. The van der Waals surface area contributed by atoms with Crippen LogP contribution in [0.4, 0.5) is 0 Å². The smallest absolute Gasteiger partial charge is 0.0606 e. The highest BCUT2D eigenvalue weighted by molar-refractivity contribution is 4.89. The van der Waals surface area contributed by atoms with Crippen LogP contribution in [0.5, 0.6) is 0 Å². The van der Waals surface area contributed by atoms with Crippen molar-refractivity contribution in [3.8, 4) is 0 Å². The Morgan fingerprint density at radius 1 is 0.909 bits per heavy atom. The summed E-state index contributed by atoms with van der Waals surface area (Å²) in [5.41, 5.74) is 22.1. The van der Waals surface area contributed by atoms with Crippen LogP contribution in [0.25, 0.3) is 0 Å². The van der Waals surface area contributed by atoms with Crippen LogP contribution in [0.15, 0.2) is 0 Å². The Labute approximate surface area is 68.3 Å². The summed E-state index contributed by atoms with van der Waals surface area (Å²) in [5, 5.41) is 0. The second kappa shape index (κ2) is 4.01. The van der Waals surface area contributed by atoms with Gasteiger partial charge in [0.1, 0.15) is 0 Å². The molecule has 0 rings (SSSR count). The van der Waals surface area contributed by atoms with Crippen LogP contribution < -0.4 is 22.9 Å². The molecule has 0 aliphatic carbocycles. The largest absolute Gasteiger partial charge is 0.316 e. The van der Waals surface area contributed by atoms with Crippen molar-refractivity contribution in [1.29, 1.82) is 0 Å². The van der Waals surface area contributed by atoms with Crippen LogP contribution in [-0.2, 0) is 0 Å². The Balaban J connectivity index is 4.46. The quantitative estimate of drug-likeness (QED) is 0.407. The molecular weight excluding hydrogens is 140 g/mol. The van der Waals surface area contributed by atoms with E-state index in [0.717, 1.165) is 12.8 Å². The normalized spacial score (nSPS) is 13.1. The van der Waals surface area contributed by atoms with E-state index in [1.165, 1.54) is 0 Å². The molecule has 0 heterocycles. The van der Waals surface area contributed by atoms with Gasteiger partial charge in [0.05, 0.1) is 12.3 Å². The summed E-state index contributed by atoms with van der Waals surface area (Å²) in [7, 11) is 0. The minimum absolute atomic E-state index is 0.306. The van der Waals surface area contributed by atoms with Gasteiger partial charge in [-0.3, -0.25) is 0 Å². The van der Waals surface area contributed by atoms with E-state index in [-0.39, 0.29) is 5.41 Å². The molecule has 0 bridgehead atoms. The summed E-state index contributed by atoms with van der Waals surface area (Å²) in [4.78, 5) is 0. The van der Waals surface area contributed by atoms with E-state index in [4.69, 9.17) is 22.9 Å². The molecule has 0 aromatic carbocycles. The van der Waals surface area contributed by atoms with Gasteiger partial charge in [0, 0.05) is 5.41 Å². The van der Waals surface area contributed by atoms with Gasteiger partial charge in [-0.15, -0.1) is 0 Å². The van der Waals surface area contributed by atoms with Gasteiger partial charge in [-0.05, 0) is 12.8 Å². The molecule has 0 radical (unpaired) electrons. The molecule has 0 aliphatic rings. The van der Waals surface area contributed by atoms with Gasteiger partial charge in [0.15, 0.2) is 0 Å². The van der Waals surface area contributed by atoms with Crippen molar-refractivity contribution in [1.82, 2.24) is 0 Å². The zero-order valence-corrected chi connectivity index (χ0v) is 7.38. The predicted molar refractivity (Wildman–Crippen MR) is 47.3 cm³/mol. The van der Waals surface area contributed by atoms with Gasteiger partial charge in [0.2, 0.25) is 0 Å². The van der Waals surface area contributed by atoms with Crippen LogP contribution in [0.3, 0.4) is 0 Å². The molecule has 0 aromatic heterocycles. The molecule has 0 unspecified atom stereocenters. The Bertz CT molecular complexity index is 97.0. The van der Waals surface area contributed by atoms with Crippen molar-refractivity contribution in [3.63, 3.8) is 0 Å². The predicted octanol–water partition coefficient (Wildman–Crippen LogP) is -0.720. The van der Waals surface area contributed by atoms with Crippen molar-refractivity contribution < 1.29 is 0 Å². The Morgan fingerprint density at radius 3 is 1.18 bits per heavy atom. The highest BCUT2D eigenvalue weighted by Gasteiger charge is 2.35. The molecule has 8 N–H and O–H groups in total. The van der Waals surface area contributed by atoms with E-state index in [1.807, 2.05) is 13.8 Å². The summed E-state index contributed by atoms with van der Waals surface area (Å²) in [6.45, 7) is 4.01. The summed E-state index contributed by atoms with van der Waals surface area (Å²) in [6.07, 6.45) is 0.771. The Morgan fingerprint density at radius 2 is 1.18 bits per heavy atom. The van der Waals surface area contributed by atoms with E-state index in [1.54, 1.807) is 0 Å². The van der Waals surface area contributed by atoms with E-state index in [9.17, 15) is 0 Å². The maximum absolute atomic E-state index is 5.61. The maximum atomic E-state index is 5.61. The minimum Gasteiger partial charge on any atom is -0.316 e. The second-order valence-corrected chi connectivity index (χ2v) is 2.99. The molecule has 0 fully saturated rings. The average Bonchev–Trinajstić information content (AvgIpc) is 1.90. The van der Waals surface area contributed by atoms with Crippen LogP contribution in [0.1, 0.15) is 26.7 Å². The minimum atomic E-state index is -0.433. The third-order valence-electron chi connectivity index (χ3n) is 2.64. The average molecular weight is 160 g/mol. The third-order valence-corrected chi connectivity index (χ3v) is 2.64. The first-order valence-electron chi connectivity index (χ1n) is 4.03. The molecule has 0 atom stereocenters. The standard InChI is InChI=1S/C7H20N4/c1-3-7(4-2,5(8)9)6(10)11/h5-6H,3-4,8-11H2,1-2H3. The van der Waals surface area contributed by atoms with Gasteiger partial charge in [0.25, 0.3) is 0 Å². The first-order valence-corrected chi connectivity index (χ1v) is 4.03. The van der Waals surface area contributed by atoms with Crippen LogP contribution in [0, 0.1) is 5.41 Å². The zero-order valence-electron chi connectivity index (χ0n) is 7.38. The highest BCUT2D eigenvalue weighted by Crippen LogP contribution is 2.28. The monoisotopic (exact) mass is 160 g/mol. The molecule has 0 saturated heterocycles. The molecule has 0 aliphatic heterocycles. The van der Waals surface area contributed by atoms with Crippen molar-refractivity contribution >= 4 is 0 Å². The molecule has 4 heteroatoms. The Hall–Kier alpha value is -0.160. The number of hydrogen-bond acceptors (Lipinski definition) is 4. The molecule has 11 heavy (non-hydrogen) atoms. The molecule has 0 saturated carbocycles. The fraction of sp³-hybridized carbons (Fsp3) is 1.00. The molecule has 4 nitrogen and oxygen atoms in total. The third kappa shape index (κ3) is 1.90. The van der Waals surface area contributed by atoms with E-state index in [0.29, 0.717) is 0 Å². The zero-order chi connectivity index (χ0) is 9.07. The van der Waals surface area contributed by atoms with E-state index in [2.05, 4.69) is 0 Å². The SMILES string of the molecule is CCC(CC)(C(N)N)C(N)N. The van der Waals surface area contributed by atoms with Gasteiger partial charge in [-0.2, -0.15) is 0 Å². The van der Waals surface area contributed by atoms with Crippen LogP contribution in [0.2, 0.25) is 0 Å². The molecule has 0 aromatic rings. The number of rotatable bonds is 4. The molecule has 0 amide bonds. The van der Waals surface area contributed by atoms with Crippen molar-refractivity contribution in [2.24, 2.45) is 28.3 Å². The van der Waals surface area contributed by atoms with Gasteiger partial charge in [-0.25, -0.2) is 0 Å². The van der Waals surface area contributed by atoms with Gasteiger partial charge >= 0.3 is 0 Å². The lowest BCUT2D eigenvalue weighted by atomic mass is 9.77. The lowest BCUT2D eigenvalue weighted by Crippen LogP contribution is -2.60. The molecular formula is C7H20N4. The maximum Gasteiger partial charge on any atom is 0.0606 e. The number of nitrogens with two attached hydrogens (primary N) is 4. The topological polar surface area (TPSA) is 104 Å². The van der Waals surface area contributed by atoms with E-state index < -0.39 is 12.3 Å².